The van der Waals surface area contributed by atoms with Gasteiger partial charge in [0.05, 0.1) is 0 Å². The molecular weight excluding hydrogens is 324 g/mol. The lowest BCUT2D eigenvalue weighted by Gasteiger charge is -2.08. The van der Waals surface area contributed by atoms with E-state index in [0.717, 1.165) is 11.1 Å². The minimum atomic E-state index is -1.09. The summed E-state index contributed by atoms with van der Waals surface area (Å²) in [4.78, 5) is 23.6. The van der Waals surface area contributed by atoms with E-state index in [1.807, 2.05) is 49.4 Å². The highest BCUT2D eigenvalue weighted by molar-refractivity contribution is 7.84. The molecule has 0 aromatic heterocycles. The van der Waals surface area contributed by atoms with E-state index < -0.39 is 22.6 Å². The maximum Gasteiger partial charge on any atom is 0.313 e. The van der Waals surface area contributed by atoms with Crippen molar-refractivity contribution in [2.45, 2.75) is 12.7 Å². The Kier molecular flexibility index (Phi) is 6.69. The zero-order chi connectivity index (χ0) is 17.4. The Morgan fingerprint density at radius 1 is 0.958 bits per heavy atom. The maximum absolute atomic E-state index is 12.0. The van der Waals surface area contributed by atoms with E-state index in [-0.39, 0.29) is 6.54 Å². The Morgan fingerprint density at radius 3 is 2.33 bits per heavy atom. The van der Waals surface area contributed by atoms with E-state index in [9.17, 15) is 13.8 Å². The lowest BCUT2D eigenvalue weighted by atomic mass is 10.2. The first-order valence-electron chi connectivity index (χ1n) is 7.60. The summed E-state index contributed by atoms with van der Waals surface area (Å²) < 4.78 is 12.0. The predicted octanol–water partition coefficient (Wildman–Crippen LogP) is 2.00. The van der Waals surface area contributed by atoms with Crippen molar-refractivity contribution in [1.82, 2.24) is 5.32 Å². The zero-order valence-corrected chi connectivity index (χ0v) is 14.3. The average Bonchev–Trinajstić information content (AvgIpc) is 2.57. The van der Waals surface area contributed by atoms with Crippen LogP contribution in [-0.4, -0.2) is 28.3 Å². The molecule has 24 heavy (non-hydrogen) atoms. The molecule has 0 saturated carbocycles. The molecule has 2 N–H and O–H groups in total. The minimum absolute atomic E-state index is 0.194. The highest BCUT2D eigenvalue weighted by atomic mass is 32.2. The Hall–Kier alpha value is -2.47. The summed E-state index contributed by atoms with van der Waals surface area (Å²) in [6.07, 6.45) is 0. The number of carbonyl (C=O) groups excluding carboxylic acids is 2. The van der Waals surface area contributed by atoms with Crippen LogP contribution in [0.25, 0.3) is 0 Å². The van der Waals surface area contributed by atoms with E-state index in [1.165, 1.54) is 0 Å². The Labute approximate surface area is 143 Å². The molecule has 126 valence electrons. The SMILES string of the molecule is Cc1ccccc1NC(=O)C(=O)NCCS(=O)Cc1ccccc1. The number of benzene rings is 2. The molecule has 0 fully saturated rings. The molecule has 5 nitrogen and oxygen atoms in total. The molecule has 1 unspecified atom stereocenters. The highest BCUT2D eigenvalue weighted by Gasteiger charge is 2.14. The number of nitrogens with one attached hydrogen (secondary N) is 2. The minimum Gasteiger partial charge on any atom is -0.347 e. The van der Waals surface area contributed by atoms with E-state index in [2.05, 4.69) is 10.6 Å². The summed E-state index contributed by atoms with van der Waals surface area (Å²) >= 11 is 0. The van der Waals surface area contributed by atoms with Gasteiger partial charge >= 0.3 is 11.8 Å². The summed E-state index contributed by atoms with van der Waals surface area (Å²) in [7, 11) is -1.09. The van der Waals surface area contributed by atoms with Crippen molar-refractivity contribution in [2.24, 2.45) is 0 Å². The third-order valence-electron chi connectivity index (χ3n) is 3.39. The molecule has 0 aliphatic heterocycles. The number of rotatable bonds is 6. The van der Waals surface area contributed by atoms with Crippen LogP contribution >= 0.6 is 0 Å². The van der Waals surface area contributed by atoms with Crippen LogP contribution < -0.4 is 10.6 Å². The van der Waals surface area contributed by atoms with Gasteiger partial charge < -0.3 is 10.6 Å². The second-order valence-electron chi connectivity index (χ2n) is 5.30. The summed E-state index contributed by atoms with van der Waals surface area (Å²) in [5.41, 5.74) is 2.47. The third kappa shape index (κ3) is 5.62. The fourth-order valence-corrected chi connectivity index (χ4v) is 3.12. The predicted molar refractivity (Wildman–Crippen MR) is 96.0 cm³/mol. The van der Waals surface area contributed by atoms with Crippen LogP contribution in [0, 0.1) is 6.92 Å². The molecule has 0 aliphatic carbocycles. The molecule has 2 aromatic rings. The molecule has 0 bridgehead atoms. The molecule has 2 aromatic carbocycles. The van der Waals surface area contributed by atoms with Gasteiger partial charge in [0, 0.05) is 34.5 Å². The Bertz CT molecular complexity index is 732. The van der Waals surface area contributed by atoms with Gasteiger partial charge in [-0.2, -0.15) is 0 Å². The Morgan fingerprint density at radius 2 is 1.62 bits per heavy atom. The number of hydrogen-bond donors (Lipinski definition) is 2. The molecule has 0 spiro atoms. The summed E-state index contributed by atoms with van der Waals surface area (Å²) in [6, 6.07) is 16.7. The molecule has 0 heterocycles. The quantitative estimate of drug-likeness (QED) is 0.787. The van der Waals surface area contributed by atoms with E-state index in [1.54, 1.807) is 12.1 Å². The largest absolute Gasteiger partial charge is 0.347 e. The first-order chi connectivity index (χ1) is 11.6. The molecule has 0 radical (unpaired) electrons. The van der Waals surface area contributed by atoms with Crippen LogP contribution in [0.5, 0.6) is 0 Å². The molecule has 1 atom stereocenters. The number of anilines is 1. The van der Waals surface area contributed by atoms with Crippen LogP contribution in [0.1, 0.15) is 11.1 Å². The van der Waals surface area contributed by atoms with E-state index >= 15 is 0 Å². The van der Waals surface area contributed by atoms with Crippen LogP contribution in [0.2, 0.25) is 0 Å². The first kappa shape index (κ1) is 17.9. The monoisotopic (exact) mass is 344 g/mol. The summed E-state index contributed by atoms with van der Waals surface area (Å²) in [5.74, 6) is -0.710. The van der Waals surface area contributed by atoms with Crippen LogP contribution in [-0.2, 0) is 26.1 Å². The second kappa shape index (κ2) is 8.98. The molecule has 2 amide bonds. The van der Waals surface area contributed by atoms with Crippen molar-refractivity contribution in [3.05, 3.63) is 65.7 Å². The molecule has 0 saturated heterocycles. The molecule has 0 aliphatic rings. The number of carbonyl (C=O) groups is 2. The number of aryl methyl sites for hydroxylation is 1. The van der Waals surface area contributed by atoms with Crippen molar-refractivity contribution in [3.63, 3.8) is 0 Å². The van der Waals surface area contributed by atoms with Gasteiger partial charge in [0.2, 0.25) is 0 Å². The van der Waals surface area contributed by atoms with Gasteiger partial charge in [0.25, 0.3) is 0 Å². The van der Waals surface area contributed by atoms with Crippen molar-refractivity contribution >= 4 is 28.3 Å². The first-order valence-corrected chi connectivity index (χ1v) is 9.09. The average molecular weight is 344 g/mol. The highest BCUT2D eigenvalue weighted by Crippen LogP contribution is 2.12. The fourth-order valence-electron chi connectivity index (χ4n) is 2.08. The normalized spacial score (nSPS) is 11.5. The van der Waals surface area contributed by atoms with E-state index in [4.69, 9.17) is 0 Å². The number of amides is 2. The van der Waals surface area contributed by atoms with Gasteiger partial charge in [-0.05, 0) is 24.1 Å². The van der Waals surface area contributed by atoms with Crippen LogP contribution in [0.15, 0.2) is 54.6 Å². The van der Waals surface area contributed by atoms with Crippen molar-refractivity contribution in [1.29, 1.82) is 0 Å². The van der Waals surface area contributed by atoms with Crippen molar-refractivity contribution in [3.8, 4) is 0 Å². The summed E-state index contributed by atoms with van der Waals surface area (Å²) in [6.45, 7) is 2.04. The fraction of sp³-hybridized carbons (Fsp3) is 0.222. The van der Waals surface area contributed by atoms with Gasteiger partial charge in [-0.25, -0.2) is 0 Å². The lowest BCUT2D eigenvalue weighted by molar-refractivity contribution is -0.136. The van der Waals surface area contributed by atoms with Crippen LogP contribution in [0.3, 0.4) is 0 Å². The topological polar surface area (TPSA) is 75.3 Å². The van der Waals surface area contributed by atoms with E-state index in [0.29, 0.717) is 17.2 Å². The Balaban J connectivity index is 1.73. The van der Waals surface area contributed by atoms with Gasteiger partial charge in [-0.1, -0.05) is 48.5 Å². The molecule has 6 heteroatoms. The van der Waals surface area contributed by atoms with Crippen molar-refractivity contribution < 1.29 is 13.8 Å². The number of para-hydroxylation sites is 1. The van der Waals surface area contributed by atoms with Gasteiger partial charge in [-0.3, -0.25) is 13.8 Å². The standard InChI is InChI=1S/C18H20N2O3S/c1-14-7-5-6-10-16(14)20-18(22)17(21)19-11-12-24(23)13-15-8-3-2-4-9-15/h2-10H,11-13H2,1H3,(H,19,21)(H,20,22). The van der Waals surface area contributed by atoms with Crippen LogP contribution in [0.4, 0.5) is 5.69 Å². The third-order valence-corrected chi connectivity index (χ3v) is 4.70. The number of hydrogen-bond acceptors (Lipinski definition) is 3. The molecular formula is C18H20N2O3S. The van der Waals surface area contributed by atoms with Crippen molar-refractivity contribution in [2.75, 3.05) is 17.6 Å². The second-order valence-corrected chi connectivity index (χ2v) is 6.88. The maximum atomic E-state index is 12.0. The molecule has 2 rings (SSSR count). The summed E-state index contributed by atoms with van der Waals surface area (Å²) in [5, 5.41) is 5.06. The van der Waals surface area contributed by atoms with Gasteiger partial charge in [0.1, 0.15) is 0 Å². The van der Waals surface area contributed by atoms with Gasteiger partial charge in [-0.15, -0.1) is 0 Å². The van der Waals surface area contributed by atoms with Gasteiger partial charge in [0.15, 0.2) is 0 Å². The lowest BCUT2D eigenvalue weighted by Crippen LogP contribution is -2.37. The zero-order valence-electron chi connectivity index (χ0n) is 13.5. The smallest absolute Gasteiger partial charge is 0.313 e.